The highest BCUT2D eigenvalue weighted by Gasteiger charge is 2.28. The summed E-state index contributed by atoms with van der Waals surface area (Å²) in [5, 5.41) is 15.5. The summed E-state index contributed by atoms with van der Waals surface area (Å²) in [7, 11) is 0. The minimum absolute atomic E-state index is 0.0319. The van der Waals surface area contributed by atoms with Crippen LogP contribution < -0.4 is 10.6 Å². The van der Waals surface area contributed by atoms with E-state index in [2.05, 4.69) is 16.7 Å². The predicted molar refractivity (Wildman–Crippen MR) is 74.1 cm³/mol. The highest BCUT2D eigenvalue weighted by molar-refractivity contribution is 5.95. The zero-order valence-electron chi connectivity index (χ0n) is 11.0. The van der Waals surface area contributed by atoms with Crippen molar-refractivity contribution in [2.45, 2.75) is 44.2 Å². The molecule has 1 aromatic rings. The monoisotopic (exact) mass is 260 g/mol. The standard InChI is InChI=1S/C15H20N2O2/c18-11-8-14(16-9-11)15(19)17-13-7-3-5-10-4-1-2-6-12(10)13/h3,5,7,11,14,16,18H,1-2,4,6,8-9H2,(H,17,19). The Morgan fingerprint density at radius 3 is 2.95 bits per heavy atom. The molecule has 1 aliphatic carbocycles. The second kappa shape index (κ2) is 5.31. The van der Waals surface area contributed by atoms with Crippen LogP contribution in [0, 0.1) is 0 Å². The van der Waals surface area contributed by atoms with Crippen molar-refractivity contribution in [2.75, 3.05) is 11.9 Å². The zero-order chi connectivity index (χ0) is 13.2. The van der Waals surface area contributed by atoms with Crippen LogP contribution >= 0.6 is 0 Å². The molecule has 0 spiro atoms. The second-order valence-electron chi connectivity index (χ2n) is 5.49. The van der Waals surface area contributed by atoms with Crippen LogP contribution in [0.1, 0.15) is 30.4 Å². The van der Waals surface area contributed by atoms with Crippen molar-refractivity contribution < 1.29 is 9.90 Å². The molecule has 0 saturated carbocycles. The fourth-order valence-corrected chi connectivity index (χ4v) is 3.04. The lowest BCUT2D eigenvalue weighted by Crippen LogP contribution is -2.35. The number of rotatable bonds is 2. The minimum Gasteiger partial charge on any atom is -0.392 e. The topological polar surface area (TPSA) is 61.4 Å². The number of amides is 1. The number of anilines is 1. The first-order chi connectivity index (χ1) is 9.24. The van der Waals surface area contributed by atoms with Crippen molar-refractivity contribution in [3.05, 3.63) is 29.3 Å². The normalized spacial score (nSPS) is 25.9. The average Bonchev–Trinajstić information content (AvgIpc) is 2.86. The molecule has 0 radical (unpaired) electrons. The van der Waals surface area contributed by atoms with Crippen molar-refractivity contribution in [2.24, 2.45) is 0 Å². The number of benzene rings is 1. The first-order valence-electron chi connectivity index (χ1n) is 7.07. The third kappa shape index (κ3) is 2.65. The number of aliphatic hydroxyl groups excluding tert-OH is 1. The lowest BCUT2D eigenvalue weighted by atomic mass is 9.90. The van der Waals surface area contributed by atoms with Crippen LogP contribution in [0.2, 0.25) is 0 Å². The molecule has 4 nitrogen and oxygen atoms in total. The molecule has 3 N–H and O–H groups in total. The Morgan fingerprint density at radius 1 is 1.32 bits per heavy atom. The van der Waals surface area contributed by atoms with E-state index in [1.54, 1.807) is 0 Å². The van der Waals surface area contributed by atoms with Gasteiger partial charge in [0, 0.05) is 12.2 Å². The molecule has 2 aliphatic rings. The molecule has 2 unspecified atom stereocenters. The Kier molecular flexibility index (Phi) is 3.53. The van der Waals surface area contributed by atoms with Crippen molar-refractivity contribution in [1.29, 1.82) is 0 Å². The Morgan fingerprint density at radius 2 is 2.16 bits per heavy atom. The van der Waals surface area contributed by atoms with E-state index in [1.807, 2.05) is 12.1 Å². The number of hydrogen-bond donors (Lipinski definition) is 3. The lowest BCUT2D eigenvalue weighted by molar-refractivity contribution is -0.117. The number of fused-ring (bicyclic) bond motifs is 1. The van der Waals surface area contributed by atoms with Gasteiger partial charge >= 0.3 is 0 Å². The fraction of sp³-hybridized carbons (Fsp3) is 0.533. The Bertz CT molecular complexity index is 487. The van der Waals surface area contributed by atoms with E-state index in [4.69, 9.17) is 0 Å². The molecular formula is C15H20N2O2. The van der Waals surface area contributed by atoms with Gasteiger partial charge in [0.05, 0.1) is 12.1 Å². The number of nitrogens with one attached hydrogen (secondary N) is 2. The summed E-state index contributed by atoms with van der Waals surface area (Å²) in [6.07, 6.45) is 4.69. The summed E-state index contributed by atoms with van der Waals surface area (Å²) in [5.74, 6) is -0.0319. The Labute approximate surface area is 113 Å². The third-order valence-corrected chi connectivity index (χ3v) is 4.08. The largest absolute Gasteiger partial charge is 0.392 e. The van der Waals surface area contributed by atoms with Crippen LogP contribution in [-0.4, -0.2) is 29.7 Å². The van der Waals surface area contributed by atoms with Crippen LogP contribution in [0.5, 0.6) is 0 Å². The molecular weight excluding hydrogens is 240 g/mol. The molecule has 1 fully saturated rings. The van der Waals surface area contributed by atoms with Gasteiger partial charge in [0.2, 0.25) is 5.91 Å². The first-order valence-corrected chi connectivity index (χ1v) is 7.07. The molecule has 0 aromatic heterocycles. The molecule has 1 heterocycles. The predicted octanol–water partition coefficient (Wildman–Crippen LogP) is 1.23. The smallest absolute Gasteiger partial charge is 0.241 e. The molecule has 1 saturated heterocycles. The number of carbonyl (C=O) groups is 1. The van der Waals surface area contributed by atoms with Crippen LogP contribution in [0.3, 0.4) is 0 Å². The van der Waals surface area contributed by atoms with E-state index in [9.17, 15) is 9.90 Å². The summed E-state index contributed by atoms with van der Waals surface area (Å²) in [5.41, 5.74) is 3.61. The Balaban J connectivity index is 1.74. The van der Waals surface area contributed by atoms with Gasteiger partial charge in [0.25, 0.3) is 0 Å². The maximum Gasteiger partial charge on any atom is 0.241 e. The maximum atomic E-state index is 12.2. The SMILES string of the molecule is O=C(Nc1cccc2c1CCCC2)C1CC(O)CN1. The summed E-state index contributed by atoms with van der Waals surface area (Å²) >= 11 is 0. The quantitative estimate of drug-likeness (QED) is 0.749. The molecule has 102 valence electrons. The van der Waals surface area contributed by atoms with E-state index in [0.717, 1.165) is 18.5 Å². The van der Waals surface area contributed by atoms with Crippen molar-refractivity contribution in [3.63, 3.8) is 0 Å². The van der Waals surface area contributed by atoms with Gasteiger partial charge in [-0.05, 0) is 49.3 Å². The molecule has 3 rings (SSSR count). The molecule has 1 aromatic carbocycles. The minimum atomic E-state index is -0.402. The molecule has 1 aliphatic heterocycles. The highest BCUT2D eigenvalue weighted by atomic mass is 16.3. The van der Waals surface area contributed by atoms with Gasteiger partial charge in [0.15, 0.2) is 0 Å². The van der Waals surface area contributed by atoms with Gasteiger partial charge in [-0.2, -0.15) is 0 Å². The van der Waals surface area contributed by atoms with Crippen LogP contribution in [0.15, 0.2) is 18.2 Å². The third-order valence-electron chi connectivity index (χ3n) is 4.08. The van der Waals surface area contributed by atoms with E-state index in [0.29, 0.717) is 13.0 Å². The molecule has 0 bridgehead atoms. The lowest BCUT2D eigenvalue weighted by Gasteiger charge is -2.20. The highest BCUT2D eigenvalue weighted by Crippen LogP contribution is 2.28. The fourth-order valence-electron chi connectivity index (χ4n) is 3.04. The van der Waals surface area contributed by atoms with Gasteiger partial charge in [-0.3, -0.25) is 4.79 Å². The molecule has 1 amide bonds. The van der Waals surface area contributed by atoms with Crippen molar-refractivity contribution >= 4 is 11.6 Å². The molecule has 4 heteroatoms. The number of β-amino-alcohol motifs (C(OH)–C–C–N with tert-alkyl or cyclic N) is 1. The second-order valence-corrected chi connectivity index (χ2v) is 5.49. The number of hydrogen-bond acceptors (Lipinski definition) is 3. The van der Waals surface area contributed by atoms with Gasteiger partial charge in [-0.25, -0.2) is 0 Å². The summed E-state index contributed by atoms with van der Waals surface area (Å²) in [4.78, 5) is 12.2. The van der Waals surface area contributed by atoms with Gasteiger partial charge in [-0.15, -0.1) is 0 Å². The zero-order valence-corrected chi connectivity index (χ0v) is 11.0. The summed E-state index contributed by atoms with van der Waals surface area (Å²) in [6, 6.07) is 5.88. The number of carbonyl (C=O) groups excluding carboxylic acids is 1. The molecule has 2 atom stereocenters. The summed E-state index contributed by atoms with van der Waals surface area (Å²) in [6.45, 7) is 0.505. The average molecular weight is 260 g/mol. The van der Waals surface area contributed by atoms with Crippen molar-refractivity contribution in [1.82, 2.24) is 5.32 Å². The van der Waals surface area contributed by atoms with E-state index in [-0.39, 0.29) is 11.9 Å². The van der Waals surface area contributed by atoms with Crippen LogP contribution in [0.25, 0.3) is 0 Å². The van der Waals surface area contributed by atoms with Gasteiger partial charge in [-0.1, -0.05) is 12.1 Å². The van der Waals surface area contributed by atoms with Crippen LogP contribution in [0.4, 0.5) is 5.69 Å². The first kappa shape index (κ1) is 12.6. The van der Waals surface area contributed by atoms with E-state index >= 15 is 0 Å². The number of aryl methyl sites for hydroxylation is 1. The molecule has 19 heavy (non-hydrogen) atoms. The summed E-state index contributed by atoms with van der Waals surface area (Å²) < 4.78 is 0. The van der Waals surface area contributed by atoms with Gasteiger partial charge in [0.1, 0.15) is 0 Å². The van der Waals surface area contributed by atoms with E-state index < -0.39 is 6.10 Å². The maximum absolute atomic E-state index is 12.2. The number of aliphatic hydroxyl groups is 1. The van der Waals surface area contributed by atoms with Crippen molar-refractivity contribution in [3.8, 4) is 0 Å². The Hall–Kier alpha value is -1.39. The van der Waals surface area contributed by atoms with Gasteiger partial charge < -0.3 is 15.7 Å². The van der Waals surface area contributed by atoms with Crippen LogP contribution in [-0.2, 0) is 17.6 Å². The van der Waals surface area contributed by atoms with E-state index in [1.165, 1.54) is 24.0 Å².